The van der Waals surface area contributed by atoms with Gasteiger partial charge in [-0.2, -0.15) is 5.10 Å². The molecule has 102 valence electrons. The molecule has 0 saturated heterocycles. The highest BCUT2D eigenvalue weighted by Gasteiger charge is 2.12. The average Bonchev–Trinajstić information content (AvgIpc) is 2.75. The van der Waals surface area contributed by atoms with Gasteiger partial charge in [-0.1, -0.05) is 18.2 Å². The van der Waals surface area contributed by atoms with E-state index in [-0.39, 0.29) is 6.04 Å². The third kappa shape index (κ3) is 2.96. The van der Waals surface area contributed by atoms with Crippen LogP contribution in [0.4, 0.5) is 0 Å². The van der Waals surface area contributed by atoms with Crippen molar-refractivity contribution in [3.05, 3.63) is 46.8 Å². The Labute approximate surface area is 114 Å². The van der Waals surface area contributed by atoms with Crippen molar-refractivity contribution in [3.8, 4) is 5.75 Å². The number of methoxy groups -OCH3 is 1. The lowest BCUT2D eigenvalue weighted by atomic mass is 10.1. The van der Waals surface area contributed by atoms with Gasteiger partial charge in [-0.15, -0.1) is 0 Å². The van der Waals surface area contributed by atoms with Crippen molar-refractivity contribution >= 4 is 0 Å². The smallest absolute Gasteiger partial charge is 0.123 e. The molecule has 0 spiro atoms. The third-order valence-electron chi connectivity index (χ3n) is 3.47. The van der Waals surface area contributed by atoms with E-state index in [2.05, 4.69) is 28.5 Å². The first-order valence-corrected chi connectivity index (χ1v) is 6.50. The van der Waals surface area contributed by atoms with Gasteiger partial charge in [-0.25, -0.2) is 0 Å². The van der Waals surface area contributed by atoms with E-state index in [9.17, 15) is 0 Å². The van der Waals surface area contributed by atoms with E-state index in [4.69, 9.17) is 4.74 Å². The lowest BCUT2D eigenvalue weighted by molar-refractivity contribution is 0.401. The molecule has 0 saturated carbocycles. The summed E-state index contributed by atoms with van der Waals surface area (Å²) in [5, 5.41) is 10.7. The highest BCUT2D eigenvalue weighted by atomic mass is 16.5. The van der Waals surface area contributed by atoms with Gasteiger partial charge in [0.15, 0.2) is 0 Å². The largest absolute Gasteiger partial charge is 0.496 e. The first kappa shape index (κ1) is 13.6. The maximum absolute atomic E-state index is 5.39. The molecule has 1 aromatic carbocycles. The van der Waals surface area contributed by atoms with Crippen molar-refractivity contribution in [2.75, 3.05) is 7.11 Å². The predicted molar refractivity (Wildman–Crippen MR) is 76.3 cm³/mol. The number of nitrogens with zero attached hydrogens (tertiary/aromatic N) is 1. The van der Waals surface area contributed by atoms with Gasteiger partial charge < -0.3 is 10.1 Å². The summed E-state index contributed by atoms with van der Waals surface area (Å²) in [5.41, 5.74) is 4.58. The van der Waals surface area contributed by atoms with Crippen LogP contribution in [0.5, 0.6) is 5.75 Å². The molecular weight excluding hydrogens is 238 g/mol. The van der Waals surface area contributed by atoms with Crippen LogP contribution in [-0.2, 0) is 6.54 Å². The fraction of sp³-hybridized carbons (Fsp3) is 0.400. The fourth-order valence-corrected chi connectivity index (χ4v) is 2.22. The number of para-hydroxylation sites is 1. The Morgan fingerprint density at radius 2 is 2.05 bits per heavy atom. The van der Waals surface area contributed by atoms with Crippen LogP contribution < -0.4 is 10.1 Å². The zero-order valence-electron chi connectivity index (χ0n) is 11.9. The lowest BCUT2D eigenvalue weighted by Gasteiger charge is -2.17. The number of hydrogen-bond acceptors (Lipinski definition) is 3. The van der Waals surface area contributed by atoms with Crippen LogP contribution in [0.3, 0.4) is 0 Å². The maximum Gasteiger partial charge on any atom is 0.123 e. The van der Waals surface area contributed by atoms with Crippen molar-refractivity contribution in [3.63, 3.8) is 0 Å². The van der Waals surface area contributed by atoms with Crippen LogP contribution in [0.25, 0.3) is 0 Å². The molecule has 0 aliphatic carbocycles. The Hall–Kier alpha value is -1.81. The van der Waals surface area contributed by atoms with Crippen LogP contribution in [0.1, 0.15) is 35.5 Å². The second-order valence-electron chi connectivity index (χ2n) is 4.76. The lowest BCUT2D eigenvalue weighted by Crippen LogP contribution is -2.19. The Morgan fingerprint density at radius 3 is 2.68 bits per heavy atom. The summed E-state index contributed by atoms with van der Waals surface area (Å²) in [4.78, 5) is 0. The van der Waals surface area contributed by atoms with E-state index in [0.29, 0.717) is 0 Å². The molecule has 0 radical (unpaired) electrons. The number of H-pyrrole nitrogens is 1. The number of nitrogens with one attached hydrogen (secondary N) is 2. The number of rotatable bonds is 5. The Kier molecular flexibility index (Phi) is 4.22. The Balaban J connectivity index is 2.07. The molecule has 2 aromatic rings. The summed E-state index contributed by atoms with van der Waals surface area (Å²) >= 11 is 0. The summed E-state index contributed by atoms with van der Waals surface area (Å²) in [6, 6.07) is 8.32. The van der Waals surface area contributed by atoms with E-state index in [0.717, 1.165) is 23.7 Å². The number of aryl methyl sites for hydroxylation is 2. The highest BCUT2D eigenvalue weighted by molar-refractivity contribution is 5.35. The van der Waals surface area contributed by atoms with E-state index < -0.39 is 0 Å². The maximum atomic E-state index is 5.39. The van der Waals surface area contributed by atoms with Gasteiger partial charge in [0, 0.05) is 29.4 Å². The van der Waals surface area contributed by atoms with Crippen molar-refractivity contribution in [2.24, 2.45) is 0 Å². The standard InChI is InChI=1S/C15H21N3O/c1-10(13-7-5-6-8-15(13)19-4)16-9-14-11(2)17-18-12(14)3/h5-8,10,16H,9H2,1-4H3,(H,17,18)/t10-/m1/s1. The van der Waals surface area contributed by atoms with Gasteiger partial charge in [0.2, 0.25) is 0 Å². The average molecular weight is 259 g/mol. The van der Waals surface area contributed by atoms with Crippen LogP contribution in [0.15, 0.2) is 24.3 Å². The molecule has 1 atom stereocenters. The van der Waals surface area contributed by atoms with Gasteiger partial charge in [0.05, 0.1) is 12.8 Å². The molecule has 4 nitrogen and oxygen atoms in total. The molecule has 1 heterocycles. The normalized spacial score (nSPS) is 12.4. The quantitative estimate of drug-likeness (QED) is 0.868. The predicted octanol–water partition coefficient (Wildman–Crippen LogP) is 2.89. The molecule has 2 rings (SSSR count). The van der Waals surface area contributed by atoms with Crippen LogP contribution in [0.2, 0.25) is 0 Å². The number of ether oxygens (including phenoxy) is 1. The fourth-order valence-electron chi connectivity index (χ4n) is 2.22. The zero-order chi connectivity index (χ0) is 13.8. The monoisotopic (exact) mass is 259 g/mol. The molecule has 19 heavy (non-hydrogen) atoms. The zero-order valence-corrected chi connectivity index (χ0v) is 11.9. The number of hydrogen-bond donors (Lipinski definition) is 2. The molecule has 0 fully saturated rings. The number of aromatic nitrogens is 2. The Morgan fingerprint density at radius 1 is 1.32 bits per heavy atom. The van der Waals surface area contributed by atoms with Crippen LogP contribution in [-0.4, -0.2) is 17.3 Å². The summed E-state index contributed by atoms with van der Waals surface area (Å²) in [6.07, 6.45) is 0. The van der Waals surface area contributed by atoms with Crippen molar-refractivity contribution in [2.45, 2.75) is 33.4 Å². The minimum absolute atomic E-state index is 0.227. The first-order valence-electron chi connectivity index (χ1n) is 6.50. The second-order valence-corrected chi connectivity index (χ2v) is 4.76. The minimum Gasteiger partial charge on any atom is -0.496 e. The van der Waals surface area contributed by atoms with Crippen LogP contribution >= 0.6 is 0 Å². The molecule has 2 N–H and O–H groups in total. The van der Waals surface area contributed by atoms with E-state index in [1.807, 2.05) is 32.0 Å². The van der Waals surface area contributed by atoms with Crippen molar-refractivity contribution < 1.29 is 4.74 Å². The van der Waals surface area contributed by atoms with Crippen LogP contribution in [0, 0.1) is 13.8 Å². The van der Waals surface area contributed by atoms with E-state index >= 15 is 0 Å². The number of aromatic amines is 1. The SMILES string of the molecule is COc1ccccc1[C@@H](C)NCc1c(C)n[nH]c1C. The Bertz CT molecular complexity index is 529. The van der Waals surface area contributed by atoms with Gasteiger partial charge in [0.1, 0.15) is 5.75 Å². The van der Waals surface area contributed by atoms with Crippen molar-refractivity contribution in [1.82, 2.24) is 15.5 Å². The summed E-state index contributed by atoms with van der Waals surface area (Å²) in [5.74, 6) is 0.920. The minimum atomic E-state index is 0.227. The molecule has 4 heteroatoms. The summed E-state index contributed by atoms with van der Waals surface area (Å²) < 4.78 is 5.39. The summed E-state index contributed by atoms with van der Waals surface area (Å²) in [7, 11) is 1.70. The molecule has 0 bridgehead atoms. The highest BCUT2D eigenvalue weighted by Crippen LogP contribution is 2.24. The molecular formula is C15H21N3O. The number of benzene rings is 1. The topological polar surface area (TPSA) is 49.9 Å². The van der Waals surface area contributed by atoms with E-state index in [1.54, 1.807) is 7.11 Å². The van der Waals surface area contributed by atoms with Gasteiger partial charge in [-0.3, -0.25) is 5.10 Å². The van der Waals surface area contributed by atoms with Crippen molar-refractivity contribution in [1.29, 1.82) is 0 Å². The summed E-state index contributed by atoms with van der Waals surface area (Å²) in [6.45, 7) is 7.01. The molecule has 0 amide bonds. The molecule has 0 aliphatic rings. The van der Waals surface area contributed by atoms with Gasteiger partial charge >= 0.3 is 0 Å². The first-order chi connectivity index (χ1) is 9.13. The molecule has 0 unspecified atom stereocenters. The van der Waals surface area contributed by atoms with Gasteiger partial charge in [0.25, 0.3) is 0 Å². The van der Waals surface area contributed by atoms with Gasteiger partial charge in [-0.05, 0) is 26.8 Å². The van der Waals surface area contributed by atoms with E-state index in [1.165, 1.54) is 11.1 Å². The second kappa shape index (κ2) is 5.89. The molecule has 0 aliphatic heterocycles. The molecule has 1 aromatic heterocycles. The third-order valence-corrected chi connectivity index (χ3v) is 3.47.